The predicted molar refractivity (Wildman–Crippen MR) is 133 cm³/mol. The van der Waals surface area contributed by atoms with Gasteiger partial charge in [-0.1, -0.05) is 60.7 Å². The van der Waals surface area contributed by atoms with Gasteiger partial charge in [0.05, 0.1) is 11.0 Å². The Labute approximate surface area is 203 Å². The van der Waals surface area contributed by atoms with Gasteiger partial charge in [-0.25, -0.2) is 0 Å². The second kappa shape index (κ2) is 11.1. The number of anilines is 1. The zero-order chi connectivity index (χ0) is 24.6. The lowest BCUT2D eigenvalue weighted by Crippen LogP contribution is -2.46. The Balaban J connectivity index is 1.42. The van der Waals surface area contributed by atoms with E-state index in [1.54, 1.807) is 6.20 Å². The van der Waals surface area contributed by atoms with Crippen molar-refractivity contribution in [3.63, 3.8) is 0 Å². The van der Waals surface area contributed by atoms with Crippen LogP contribution in [0.3, 0.4) is 0 Å². The Morgan fingerprint density at radius 1 is 0.914 bits per heavy atom. The first-order valence-corrected chi connectivity index (χ1v) is 11.3. The van der Waals surface area contributed by atoms with E-state index in [1.165, 1.54) is 35.4 Å². The quantitative estimate of drug-likeness (QED) is 0.240. The average Bonchev–Trinajstić information content (AvgIpc) is 2.90. The van der Waals surface area contributed by atoms with Gasteiger partial charge in [0.25, 0.3) is 11.6 Å². The van der Waals surface area contributed by atoms with Crippen molar-refractivity contribution < 1.29 is 9.72 Å². The fourth-order valence-electron chi connectivity index (χ4n) is 4.20. The highest BCUT2D eigenvalue weighted by Gasteiger charge is 2.26. The summed E-state index contributed by atoms with van der Waals surface area (Å²) in [6.07, 6.45) is 1.60. The molecule has 8 nitrogen and oxygen atoms in total. The van der Waals surface area contributed by atoms with Gasteiger partial charge in [0, 0.05) is 50.2 Å². The Hall–Kier alpha value is -4.48. The van der Waals surface area contributed by atoms with E-state index in [0.29, 0.717) is 18.8 Å². The van der Waals surface area contributed by atoms with Crippen molar-refractivity contribution in [2.75, 3.05) is 31.5 Å². The maximum Gasteiger partial charge on any atom is 0.269 e. The molecule has 1 heterocycles. The van der Waals surface area contributed by atoms with Crippen LogP contribution >= 0.6 is 0 Å². The molecule has 0 bridgehead atoms. The minimum absolute atomic E-state index is 0.0144. The van der Waals surface area contributed by atoms with Gasteiger partial charge in [-0.05, 0) is 23.3 Å². The Kier molecular flexibility index (Phi) is 7.50. The molecule has 0 aromatic heterocycles. The topological polar surface area (TPSA) is 103 Å². The number of amides is 1. The molecule has 0 spiro atoms. The minimum atomic E-state index is -0.546. The largest absolute Gasteiger partial charge is 0.374 e. The van der Waals surface area contributed by atoms with Gasteiger partial charge in [-0.3, -0.25) is 19.8 Å². The first kappa shape index (κ1) is 23.7. The van der Waals surface area contributed by atoms with Crippen LogP contribution in [0.15, 0.2) is 96.7 Å². The second-order valence-corrected chi connectivity index (χ2v) is 8.21. The monoisotopic (exact) mass is 467 g/mol. The highest BCUT2D eigenvalue weighted by Crippen LogP contribution is 2.29. The molecule has 0 atom stereocenters. The minimum Gasteiger partial charge on any atom is -0.374 e. The summed E-state index contributed by atoms with van der Waals surface area (Å²) >= 11 is 0. The molecule has 8 heteroatoms. The number of rotatable bonds is 7. The summed E-state index contributed by atoms with van der Waals surface area (Å²) in [5, 5.41) is 23.0. The van der Waals surface area contributed by atoms with Gasteiger partial charge in [-0.2, -0.15) is 5.26 Å². The molecule has 0 saturated carbocycles. The zero-order valence-electron chi connectivity index (χ0n) is 19.1. The third-order valence-electron chi connectivity index (χ3n) is 5.96. The normalized spacial score (nSPS) is 14.4. The van der Waals surface area contributed by atoms with Crippen LogP contribution in [0.25, 0.3) is 0 Å². The van der Waals surface area contributed by atoms with E-state index in [1.807, 2.05) is 47.4 Å². The summed E-state index contributed by atoms with van der Waals surface area (Å²) in [6, 6.07) is 28.4. The Morgan fingerprint density at radius 3 is 1.94 bits per heavy atom. The molecule has 0 radical (unpaired) electrons. The van der Waals surface area contributed by atoms with Gasteiger partial charge in [-0.15, -0.1) is 0 Å². The highest BCUT2D eigenvalue weighted by molar-refractivity contribution is 6.06. The standard InChI is InChI=1S/C27H25N5O3/c28-19-23(27(33)29-24-11-13-25(14-12-24)32(34)35)20-30-15-17-31(18-16-30)26(21-7-3-1-4-8-21)22-9-5-2-6-10-22/h1-14,20,26H,15-18H2,(H,29,33)/b23-20-. The lowest BCUT2D eigenvalue weighted by molar-refractivity contribution is -0.384. The molecule has 3 aromatic carbocycles. The predicted octanol–water partition coefficient (Wildman–Crippen LogP) is 4.35. The van der Waals surface area contributed by atoms with Crippen LogP contribution in [0.4, 0.5) is 11.4 Å². The maximum atomic E-state index is 12.6. The fraction of sp³-hybridized carbons (Fsp3) is 0.185. The lowest BCUT2D eigenvalue weighted by Gasteiger charge is -2.39. The van der Waals surface area contributed by atoms with Crippen molar-refractivity contribution >= 4 is 17.3 Å². The third-order valence-corrected chi connectivity index (χ3v) is 5.96. The molecular weight excluding hydrogens is 442 g/mol. The number of hydrogen-bond acceptors (Lipinski definition) is 6. The summed E-state index contributed by atoms with van der Waals surface area (Å²) in [5.41, 5.74) is 2.76. The molecule has 4 rings (SSSR count). The highest BCUT2D eigenvalue weighted by atomic mass is 16.6. The number of hydrogen-bond donors (Lipinski definition) is 1. The number of non-ortho nitro benzene ring substituents is 1. The van der Waals surface area contributed by atoms with Crippen LogP contribution < -0.4 is 5.32 Å². The van der Waals surface area contributed by atoms with E-state index in [9.17, 15) is 20.2 Å². The molecule has 3 aromatic rings. The van der Waals surface area contributed by atoms with Crippen molar-refractivity contribution in [2.45, 2.75) is 6.04 Å². The molecule has 1 aliphatic heterocycles. The molecule has 1 amide bonds. The number of benzene rings is 3. The summed E-state index contributed by atoms with van der Waals surface area (Å²) in [6.45, 7) is 2.89. The van der Waals surface area contributed by atoms with Gasteiger partial charge >= 0.3 is 0 Å². The number of nitro groups is 1. The van der Waals surface area contributed by atoms with Crippen LogP contribution in [-0.2, 0) is 4.79 Å². The molecule has 1 fully saturated rings. The number of nitriles is 1. The third kappa shape index (κ3) is 5.91. The first-order chi connectivity index (χ1) is 17.0. The Bertz CT molecular complexity index is 1190. The summed E-state index contributed by atoms with van der Waals surface area (Å²) in [7, 11) is 0. The summed E-state index contributed by atoms with van der Waals surface area (Å²) < 4.78 is 0. The van der Waals surface area contributed by atoms with Crippen molar-refractivity contribution in [1.82, 2.24) is 9.80 Å². The summed E-state index contributed by atoms with van der Waals surface area (Å²) in [5.74, 6) is -0.546. The van der Waals surface area contributed by atoms with E-state index in [4.69, 9.17) is 0 Å². The smallest absolute Gasteiger partial charge is 0.269 e. The van der Waals surface area contributed by atoms with Crippen LogP contribution in [0.2, 0.25) is 0 Å². The number of carbonyl (C=O) groups is 1. The lowest BCUT2D eigenvalue weighted by atomic mass is 9.96. The van der Waals surface area contributed by atoms with Crippen molar-refractivity contribution in [3.8, 4) is 6.07 Å². The second-order valence-electron chi connectivity index (χ2n) is 8.21. The van der Waals surface area contributed by atoms with E-state index < -0.39 is 10.8 Å². The SMILES string of the molecule is N#C/C(=C/N1CCN(C(c2ccccc2)c2ccccc2)CC1)C(=O)Nc1ccc([N+](=O)[O-])cc1. The van der Waals surface area contributed by atoms with Crippen LogP contribution in [0, 0.1) is 21.4 Å². The van der Waals surface area contributed by atoms with Gasteiger partial charge in [0.2, 0.25) is 0 Å². The van der Waals surface area contributed by atoms with E-state index in [2.05, 4.69) is 34.5 Å². The van der Waals surface area contributed by atoms with Crippen molar-refractivity contribution in [1.29, 1.82) is 5.26 Å². The molecule has 0 unspecified atom stereocenters. The van der Waals surface area contributed by atoms with Crippen LogP contribution in [-0.4, -0.2) is 46.8 Å². The van der Waals surface area contributed by atoms with Gasteiger partial charge in [0.15, 0.2) is 0 Å². The van der Waals surface area contributed by atoms with E-state index in [-0.39, 0.29) is 17.3 Å². The van der Waals surface area contributed by atoms with E-state index in [0.717, 1.165) is 13.1 Å². The first-order valence-electron chi connectivity index (χ1n) is 11.3. The Morgan fingerprint density at radius 2 is 1.46 bits per heavy atom. The number of piperazine rings is 1. The molecular formula is C27H25N5O3. The molecule has 35 heavy (non-hydrogen) atoms. The molecule has 176 valence electrons. The van der Waals surface area contributed by atoms with Crippen molar-refractivity contribution in [2.24, 2.45) is 0 Å². The number of carbonyl (C=O) groups excluding carboxylic acids is 1. The van der Waals surface area contributed by atoms with Gasteiger partial charge in [0.1, 0.15) is 11.6 Å². The molecule has 1 aliphatic rings. The van der Waals surface area contributed by atoms with E-state index >= 15 is 0 Å². The molecule has 0 aliphatic carbocycles. The van der Waals surface area contributed by atoms with Crippen LogP contribution in [0.1, 0.15) is 17.2 Å². The van der Waals surface area contributed by atoms with Gasteiger partial charge < -0.3 is 10.2 Å². The molecule has 1 saturated heterocycles. The zero-order valence-corrected chi connectivity index (χ0v) is 19.1. The molecule has 1 N–H and O–H groups in total. The number of nitrogens with one attached hydrogen (secondary N) is 1. The maximum absolute atomic E-state index is 12.6. The average molecular weight is 468 g/mol. The van der Waals surface area contributed by atoms with Crippen molar-refractivity contribution in [3.05, 3.63) is 118 Å². The fourth-order valence-corrected chi connectivity index (χ4v) is 4.20. The van der Waals surface area contributed by atoms with Crippen LogP contribution in [0.5, 0.6) is 0 Å². The number of nitro benzene ring substituents is 1. The number of nitrogens with zero attached hydrogens (tertiary/aromatic N) is 4. The summed E-state index contributed by atoms with van der Waals surface area (Å²) in [4.78, 5) is 27.3.